The third-order valence-electron chi connectivity index (χ3n) is 2.64. The first-order valence-corrected chi connectivity index (χ1v) is 6.89. The molecule has 0 fully saturated rings. The van der Waals surface area contributed by atoms with Gasteiger partial charge in [-0.3, -0.25) is 10.1 Å². The second-order valence-corrected chi connectivity index (χ2v) is 5.00. The standard InChI is InChI=1S/C15H13ClN2O2S/c1-20-13-7-2-4-10(8-13)14(19)18-15(21)17-12-6-3-5-11(16)9-12/h2-9H,1H3,(H2,17,18,19,21). The van der Waals surface area contributed by atoms with E-state index in [1.165, 1.54) is 0 Å². The molecule has 6 heteroatoms. The zero-order chi connectivity index (χ0) is 15.2. The minimum Gasteiger partial charge on any atom is -0.497 e. The highest BCUT2D eigenvalue weighted by atomic mass is 35.5. The molecule has 0 heterocycles. The van der Waals surface area contributed by atoms with Crippen molar-refractivity contribution in [2.24, 2.45) is 0 Å². The summed E-state index contributed by atoms with van der Waals surface area (Å²) in [6, 6.07) is 13.9. The molecule has 2 aromatic carbocycles. The van der Waals surface area contributed by atoms with E-state index in [9.17, 15) is 4.79 Å². The highest BCUT2D eigenvalue weighted by Crippen LogP contribution is 2.15. The Bertz CT molecular complexity index is 676. The lowest BCUT2D eigenvalue weighted by molar-refractivity contribution is 0.0977. The van der Waals surface area contributed by atoms with Crippen molar-refractivity contribution in [3.8, 4) is 5.75 Å². The highest BCUT2D eigenvalue weighted by Gasteiger charge is 2.09. The predicted octanol–water partition coefficient (Wildman–Crippen LogP) is 3.48. The zero-order valence-corrected chi connectivity index (χ0v) is 12.8. The molecule has 2 rings (SSSR count). The number of anilines is 1. The quantitative estimate of drug-likeness (QED) is 0.850. The minimum absolute atomic E-state index is 0.199. The zero-order valence-electron chi connectivity index (χ0n) is 11.2. The van der Waals surface area contributed by atoms with E-state index in [4.69, 9.17) is 28.6 Å². The molecule has 108 valence electrons. The molecule has 0 aliphatic carbocycles. The summed E-state index contributed by atoms with van der Waals surface area (Å²) in [6.45, 7) is 0. The molecule has 2 N–H and O–H groups in total. The molecule has 0 aliphatic rings. The fourth-order valence-electron chi connectivity index (χ4n) is 1.67. The van der Waals surface area contributed by atoms with Gasteiger partial charge in [0.2, 0.25) is 0 Å². The predicted molar refractivity (Wildman–Crippen MR) is 88.1 cm³/mol. The summed E-state index contributed by atoms with van der Waals surface area (Å²) >= 11 is 11.0. The molecule has 4 nitrogen and oxygen atoms in total. The Kier molecular flexibility index (Phi) is 5.14. The molecule has 0 saturated heterocycles. The third-order valence-corrected chi connectivity index (χ3v) is 3.08. The number of nitrogens with one attached hydrogen (secondary N) is 2. The van der Waals surface area contributed by atoms with Crippen LogP contribution in [-0.2, 0) is 0 Å². The van der Waals surface area contributed by atoms with Crippen LogP contribution in [0, 0.1) is 0 Å². The van der Waals surface area contributed by atoms with E-state index in [2.05, 4.69) is 10.6 Å². The van der Waals surface area contributed by atoms with Crippen molar-refractivity contribution in [1.82, 2.24) is 5.32 Å². The van der Waals surface area contributed by atoms with Crippen LogP contribution >= 0.6 is 23.8 Å². The first-order valence-electron chi connectivity index (χ1n) is 6.10. The maximum Gasteiger partial charge on any atom is 0.257 e. The van der Waals surface area contributed by atoms with Crippen molar-refractivity contribution < 1.29 is 9.53 Å². The fraction of sp³-hybridized carbons (Fsp3) is 0.0667. The molecule has 21 heavy (non-hydrogen) atoms. The van der Waals surface area contributed by atoms with Gasteiger partial charge in [0, 0.05) is 16.3 Å². The molecule has 0 bridgehead atoms. The van der Waals surface area contributed by atoms with Crippen molar-refractivity contribution in [1.29, 1.82) is 0 Å². The Labute approximate surface area is 133 Å². The van der Waals surface area contributed by atoms with E-state index < -0.39 is 0 Å². The Balaban J connectivity index is 2.00. The lowest BCUT2D eigenvalue weighted by atomic mass is 10.2. The van der Waals surface area contributed by atoms with Gasteiger partial charge < -0.3 is 10.1 Å². The first-order chi connectivity index (χ1) is 10.1. The van der Waals surface area contributed by atoms with Crippen LogP contribution in [0.1, 0.15) is 10.4 Å². The van der Waals surface area contributed by atoms with Crippen molar-refractivity contribution >= 4 is 40.5 Å². The summed E-state index contributed by atoms with van der Waals surface area (Å²) in [5, 5.41) is 6.28. The lowest BCUT2D eigenvalue weighted by Gasteiger charge is -2.10. The molecule has 0 atom stereocenters. The number of amides is 1. The van der Waals surface area contributed by atoms with Crippen molar-refractivity contribution in [2.45, 2.75) is 0 Å². The second-order valence-electron chi connectivity index (χ2n) is 4.15. The maximum atomic E-state index is 12.1. The van der Waals surface area contributed by atoms with Crippen LogP contribution in [0.5, 0.6) is 5.75 Å². The van der Waals surface area contributed by atoms with Crippen LogP contribution in [0.25, 0.3) is 0 Å². The Morgan fingerprint density at radius 3 is 2.67 bits per heavy atom. The Hall–Kier alpha value is -2.11. The van der Waals surface area contributed by atoms with Gasteiger partial charge in [0.1, 0.15) is 5.75 Å². The Morgan fingerprint density at radius 1 is 1.19 bits per heavy atom. The normalized spacial score (nSPS) is 9.81. The molecule has 1 amide bonds. The summed E-state index contributed by atoms with van der Waals surface area (Å²) in [4.78, 5) is 12.1. The average Bonchev–Trinajstić information content (AvgIpc) is 2.47. The molecule has 0 radical (unpaired) electrons. The summed E-state index contributed by atoms with van der Waals surface area (Å²) in [7, 11) is 1.54. The van der Waals surface area contributed by atoms with Gasteiger partial charge in [0.25, 0.3) is 5.91 Å². The molecular formula is C15H13ClN2O2S. The van der Waals surface area contributed by atoms with Gasteiger partial charge in [0.15, 0.2) is 5.11 Å². The van der Waals surface area contributed by atoms with Crippen LogP contribution in [0.4, 0.5) is 5.69 Å². The number of carbonyl (C=O) groups excluding carboxylic acids is 1. The number of ether oxygens (including phenoxy) is 1. The van der Waals surface area contributed by atoms with Gasteiger partial charge in [-0.2, -0.15) is 0 Å². The highest BCUT2D eigenvalue weighted by molar-refractivity contribution is 7.80. The minimum atomic E-state index is -0.312. The topological polar surface area (TPSA) is 50.4 Å². The second kappa shape index (κ2) is 7.06. The molecule has 0 unspecified atom stereocenters. The van der Waals surface area contributed by atoms with Crippen LogP contribution in [0.3, 0.4) is 0 Å². The third kappa shape index (κ3) is 4.44. The van der Waals surface area contributed by atoms with Crippen molar-refractivity contribution in [3.63, 3.8) is 0 Å². The fourth-order valence-corrected chi connectivity index (χ4v) is 2.07. The van der Waals surface area contributed by atoms with Gasteiger partial charge >= 0.3 is 0 Å². The number of carbonyl (C=O) groups is 1. The average molecular weight is 321 g/mol. The molecule has 0 spiro atoms. The van der Waals surface area contributed by atoms with E-state index in [-0.39, 0.29) is 11.0 Å². The number of hydrogen-bond acceptors (Lipinski definition) is 3. The summed E-state index contributed by atoms with van der Waals surface area (Å²) in [5.74, 6) is 0.296. The number of thiocarbonyl (C=S) groups is 1. The van der Waals surface area contributed by atoms with Gasteiger partial charge in [-0.25, -0.2) is 0 Å². The van der Waals surface area contributed by atoms with Gasteiger partial charge in [-0.15, -0.1) is 0 Å². The van der Waals surface area contributed by atoms with Crippen LogP contribution in [0.15, 0.2) is 48.5 Å². The van der Waals surface area contributed by atoms with E-state index in [0.717, 1.165) is 0 Å². The molecule has 0 aliphatic heterocycles. The van der Waals surface area contributed by atoms with Gasteiger partial charge in [-0.05, 0) is 48.6 Å². The number of methoxy groups -OCH3 is 1. The largest absolute Gasteiger partial charge is 0.497 e. The molecule has 0 aromatic heterocycles. The van der Waals surface area contributed by atoms with Crippen LogP contribution in [0.2, 0.25) is 5.02 Å². The summed E-state index contributed by atoms with van der Waals surface area (Å²) in [5.41, 5.74) is 1.17. The number of hydrogen-bond donors (Lipinski definition) is 2. The monoisotopic (exact) mass is 320 g/mol. The first kappa shape index (κ1) is 15.3. The molecule has 0 saturated carbocycles. The van der Waals surface area contributed by atoms with E-state index in [1.807, 2.05) is 0 Å². The van der Waals surface area contributed by atoms with Crippen molar-refractivity contribution in [2.75, 3.05) is 12.4 Å². The van der Waals surface area contributed by atoms with E-state index in [0.29, 0.717) is 22.0 Å². The molecule has 2 aromatic rings. The maximum absolute atomic E-state index is 12.1. The van der Waals surface area contributed by atoms with Gasteiger partial charge in [-0.1, -0.05) is 23.7 Å². The number of benzene rings is 2. The SMILES string of the molecule is COc1cccc(C(=O)NC(=S)Nc2cccc(Cl)c2)c1. The number of halogens is 1. The molecular weight excluding hydrogens is 308 g/mol. The van der Waals surface area contributed by atoms with Gasteiger partial charge in [0.05, 0.1) is 7.11 Å². The summed E-state index contributed by atoms with van der Waals surface area (Å²) < 4.78 is 5.08. The van der Waals surface area contributed by atoms with Crippen LogP contribution < -0.4 is 15.4 Å². The lowest BCUT2D eigenvalue weighted by Crippen LogP contribution is -2.34. The van der Waals surface area contributed by atoms with E-state index in [1.54, 1.807) is 55.6 Å². The Morgan fingerprint density at radius 2 is 1.95 bits per heavy atom. The number of rotatable bonds is 3. The smallest absolute Gasteiger partial charge is 0.257 e. The van der Waals surface area contributed by atoms with E-state index >= 15 is 0 Å². The summed E-state index contributed by atoms with van der Waals surface area (Å²) in [6.07, 6.45) is 0. The van der Waals surface area contributed by atoms with Crippen molar-refractivity contribution in [3.05, 3.63) is 59.1 Å². The van der Waals surface area contributed by atoms with Crippen LogP contribution in [-0.4, -0.2) is 18.1 Å².